The molecule has 0 atom stereocenters. The van der Waals surface area contributed by atoms with Crippen LogP contribution in [0.3, 0.4) is 0 Å². The van der Waals surface area contributed by atoms with Crippen molar-refractivity contribution in [3.63, 3.8) is 0 Å². The fourth-order valence-electron chi connectivity index (χ4n) is 3.61. The molecule has 148 valence electrons. The van der Waals surface area contributed by atoms with Crippen molar-refractivity contribution in [3.05, 3.63) is 82.9 Å². The summed E-state index contributed by atoms with van der Waals surface area (Å²) in [5, 5.41) is 3.18. The fraction of sp³-hybridized carbons (Fsp3) is 0.261. The Bertz CT molecular complexity index is 1020. The van der Waals surface area contributed by atoms with Crippen LogP contribution in [0.4, 0.5) is 16.0 Å². The third-order valence-corrected chi connectivity index (χ3v) is 5.04. The van der Waals surface area contributed by atoms with Gasteiger partial charge in [0, 0.05) is 24.5 Å². The highest BCUT2D eigenvalue weighted by Crippen LogP contribution is 2.28. The van der Waals surface area contributed by atoms with Gasteiger partial charge in [-0.25, -0.2) is 14.4 Å². The van der Waals surface area contributed by atoms with Gasteiger partial charge in [0.05, 0.1) is 0 Å². The topological polar surface area (TPSA) is 58.1 Å². The first-order chi connectivity index (χ1) is 14.1. The SMILES string of the molecule is Cc1cc(C(=O)N2CCCc3ccccc32)nc(NCCc2ccc(F)cc2)n1. The molecule has 0 unspecified atom stereocenters. The standard InChI is InChI=1S/C23H23FN4O/c1-16-15-20(22(29)28-14-4-6-18-5-2-3-7-21(18)28)27-23(26-16)25-13-12-17-8-10-19(24)11-9-17/h2-3,5,7-11,15H,4,6,12-14H2,1H3,(H,25,26,27). The maximum atomic E-state index is 13.2. The highest BCUT2D eigenvalue weighted by molar-refractivity contribution is 6.05. The molecule has 29 heavy (non-hydrogen) atoms. The summed E-state index contributed by atoms with van der Waals surface area (Å²) in [4.78, 5) is 23.8. The number of hydrogen-bond donors (Lipinski definition) is 1. The summed E-state index contributed by atoms with van der Waals surface area (Å²) in [6, 6.07) is 16.2. The Morgan fingerprint density at radius 3 is 2.76 bits per heavy atom. The van der Waals surface area contributed by atoms with Crippen LogP contribution in [0.1, 0.15) is 33.7 Å². The molecule has 4 rings (SSSR count). The van der Waals surface area contributed by atoms with E-state index in [1.807, 2.05) is 30.0 Å². The molecular weight excluding hydrogens is 367 g/mol. The number of para-hydroxylation sites is 1. The zero-order chi connectivity index (χ0) is 20.2. The highest BCUT2D eigenvalue weighted by Gasteiger charge is 2.24. The Balaban J connectivity index is 1.48. The van der Waals surface area contributed by atoms with Gasteiger partial charge in [0.15, 0.2) is 0 Å². The molecule has 2 heterocycles. The summed E-state index contributed by atoms with van der Waals surface area (Å²) in [5.41, 5.74) is 4.30. The van der Waals surface area contributed by atoms with Crippen LogP contribution in [0.2, 0.25) is 0 Å². The number of anilines is 2. The molecule has 3 aromatic rings. The molecular formula is C23H23FN4O. The molecule has 0 fully saturated rings. The van der Waals surface area contributed by atoms with E-state index in [9.17, 15) is 9.18 Å². The third kappa shape index (κ3) is 4.42. The first kappa shape index (κ1) is 19.1. The number of rotatable bonds is 5. The van der Waals surface area contributed by atoms with Crippen LogP contribution >= 0.6 is 0 Å². The molecule has 1 N–H and O–H groups in total. The Labute approximate surface area is 169 Å². The minimum atomic E-state index is -0.244. The predicted octanol–water partition coefficient (Wildman–Crippen LogP) is 4.17. The van der Waals surface area contributed by atoms with Crippen molar-refractivity contribution in [2.75, 3.05) is 23.3 Å². The van der Waals surface area contributed by atoms with Gasteiger partial charge in [-0.05, 0) is 61.6 Å². The normalized spacial score (nSPS) is 13.1. The van der Waals surface area contributed by atoms with Crippen molar-refractivity contribution in [1.82, 2.24) is 9.97 Å². The van der Waals surface area contributed by atoms with Crippen LogP contribution in [0.5, 0.6) is 0 Å². The van der Waals surface area contributed by atoms with E-state index in [0.29, 0.717) is 31.2 Å². The largest absolute Gasteiger partial charge is 0.354 e. The molecule has 0 bridgehead atoms. The Hall–Kier alpha value is -3.28. The number of hydrogen-bond acceptors (Lipinski definition) is 4. The lowest BCUT2D eigenvalue weighted by Gasteiger charge is -2.29. The van der Waals surface area contributed by atoms with Crippen molar-refractivity contribution < 1.29 is 9.18 Å². The zero-order valence-corrected chi connectivity index (χ0v) is 16.4. The van der Waals surface area contributed by atoms with Gasteiger partial charge >= 0.3 is 0 Å². The van der Waals surface area contributed by atoms with Gasteiger partial charge in [-0.3, -0.25) is 4.79 Å². The van der Waals surface area contributed by atoms with Crippen LogP contribution in [0, 0.1) is 12.7 Å². The molecule has 2 aromatic carbocycles. The molecule has 1 aromatic heterocycles. The van der Waals surface area contributed by atoms with Crippen LogP contribution in [-0.2, 0) is 12.8 Å². The van der Waals surface area contributed by atoms with Gasteiger partial charge in [-0.1, -0.05) is 30.3 Å². The molecule has 1 aliphatic rings. The van der Waals surface area contributed by atoms with Gasteiger partial charge in [0.1, 0.15) is 11.5 Å². The first-order valence-electron chi connectivity index (χ1n) is 9.84. The summed E-state index contributed by atoms with van der Waals surface area (Å²) in [7, 11) is 0. The van der Waals surface area contributed by atoms with Gasteiger partial charge in [-0.15, -0.1) is 0 Å². The van der Waals surface area contributed by atoms with E-state index in [1.165, 1.54) is 17.7 Å². The predicted molar refractivity (Wildman–Crippen MR) is 112 cm³/mol. The number of nitrogens with zero attached hydrogens (tertiary/aromatic N) is 3. The molecule has 0 radical (unpaired) electrons. The fourth-order valence-corrected chi connectivity index (χ4v) is 3.61. The molecule has 1 aliphatic heterocycles. The quantitative estimate of drug-likeness (QED) is 0.710. The number of amides is 1. The lowest BCUT2D eigenvalue weighted by Crippen LogP contribution is -2.36. The van der Waals surface area contributed by atoms with Gasteiger partial charge < -0.3 is 10.2 Å². The average Bonchev–Trinajstić information content (AvgIpc) is 2.74. The molecule has 5 nitrogen and oxygen atoms in total. The molecule has 0 saturated heterocycles. The minimum absolute atomic E-state index is 0.107. The number of aryl methyl sites for hydroxylation is 2. The van der Waals surface area contributed by atoms with E-state index >= 15 is 0 Å². The van der Waals surface area contributed by atoms with Crippen LogP contribution in [-0.4, -0.2) is 29.0 Å². The summed E-state index contributed by atoms with van der Waals surface area (Å²) in [6.45, 7) is 3.13. The smallest absolute Gasteiger partial charge is 0.277 e. The van der Waals surface area contributed by atoms with Crippen LogP contribution in [0.25, 0.3) is 0 Å². The summed E-state index contributed by atoms with van der Waals surface area (Å²) in [6.07, 6.45) is 2.63. The Morgan fingerprint density at radius 1 is 1.14 bits per heavy atom. The Kier molecular flexibility index (Phi) is 5.51. The molecule has 6 heteroatoms. The van der Waals surface area contributed by atoms with E-state index in [2.05, 4.69) is 21.4 Å². The van der Waals surface area contributed by atoms with E-state index in [-0.39, 0.29) is 11.7 Å². The first-order valence-corrected chi connectivity index (χ1v) is 9.84. The number of nitrogens with one attached hydrogen (secondary N) is 1. The maximum Gasteiger partial charge on any atom is 0.277 e. The van der Waals surface area contributed by atoms with Crippen molar-refractivity contribution >= 4 is 17.5 Å². The zero-order valence-electron chi connectivity index (χ0n) is 16.4. The molecule has 0 saturated carbocycles. The van der Waals surface area contributed by atoms with Crippen molar-refractivity contribution in [3.8, 4) is 0 Å². The second kappa shape index (κ2) is 8.39. The number of carbonyl (C=O) groups excluding carboxylic acids is 1. The number of fused-ring (bicyclic) bond motifs is 1. The van der Waals surface area contributed by atoms with E-state index in [4.69, 9.17) is 0 Å². The maximum absolute atomic E-state index is 13.2. The third-order valence-electron chi connectivity index (χ3n) is 5.04. The van der Waals surface area contributed by atoms with Crippen LogP contribution in [0.15, 0.2) is 54.6 Å². The highest BCUT2D eigenvalue weighted by atomic mass is 19.1. The lowest BCUT2D eigenvalue weighted by molar-refractivity contribution is 0.0980. The molecule has 0 aliphatic carbocycles. The van der Waals surface area contributed by atoms with E-state index in [0.717, 1.165) is 29.8 Å². The van der Waals surface area contributed by atoms with Crippen LogP contribution < -0.4 is 10.2 Å². The molecule has 1 amide bonds. The van der Waals surface area contributed by atoms with Gasteiger partial charge in [-0.2, -0.15) is 0 Å². The lowest BCUT2D eigenvalue weighted by atomic mass is 10.0. The average molecular weight is 390 g/mol. The minimum Gasteiger partial charge on any atom is -0.354 e. The monoisotopic (exact) mass is 390 g/mol. The van der Waals surface area contributed by atoms with E-state index < -0.39 is 0 Å². The number of aromatic nitrogens is 2. The summed E-state index contributed by atoms with van der Waals surface area (Å²) >= 11 is 0. The number of halogens is 1. The van der Waals surface area contributed by atoms with Gasteiger partial charge in [0.2, 0.25) is 5.95 Å². The second-order valence-electron chi connectivity index (χ2n) is 7.21. The van der Waals surface area contributed by atoms with Crippen molar-refractivity contribution in [2.45, 2.75) is 26.2 Å². The Morgan fingerprint density at radius 2 is 1.93 bits per heavy atom. The summed E-state index contributed by atoms with van der Waals surface area (Å²) < 4.78 is 13.0. The number of carbonyl (C=O) groups is 1. The van der Waals surface area contributed by atoms with Crippen molar-refractivity contribution in [1.29, 1.82) is 0 Å². The number of benzene rings is 2. The summed E-state index contributed by atoms with van der Waals surface area (Å²) in [5.74, 6) is 0.0798. The van der Waals surface area contributed by atoms with Crippen molar-refractivity contribution in [2.24, 2.45) is 0 Å². The second-order valence-corrected chi connectivity index (χ2v) is 7.21. The van der Waals surface area contributed by atoms with E-state index in [1.54, 1.807) is 18.2 Å². The van der Waals surface area contributed by atoms with Gasteiger partial charge in [0.25, 0.3) is 5.91 Å². The molecule has 0 spiro atoms.